The van der Waals surface area contributed by atoms with E-state index in [4.69, 9.17) is 5.11 Å². The summed E-state index contributed by atoms with van der Waals surface area (Å²) in [6.45, 7) is 13.7. The summed E-state index contributed by atoms with van der Waals surface area (Å²) in [5.74, 6) is -2.56. The summed E-state index contributed by atoms with van der Waals surface area (Å²) in [5, 5.41) is 17.7. The van der Waals surface area contributed by atoms with Crippen molar-refractivity contribution < 1.29 is 28.2 Å². The third-order valence-electron chi connectivity index (χ3n) is 5.84. The van der Waals surface area contributed by atoms with Gasteiger partial charge >= 0.3 is 6.18 Å². The van der Waals surface area contributed by atoms with Crippen LogP contribution in [0.25, 0.3) is 0 Å². The van der Waals surface area contributed by atoms with Crippen LogP contribution in [0, 0.1) is 0 Å². The molecule has 0 heterocycles. The summed E-state index contributed by atoms with van der Waals surface area (Å²) >= 11 is 0. The first-order chi connectivity index (χ1) is 16.9. The molecular formula is C30H35F3O3S. The minimum Gasteiger partial charge on any atom is -0.547 e. The largest absolute Gasteiger partial charge is 0.547 e. The van der Waals surface area contributed by atoms with Gasteiger partial charge in [-0.3, -0.25) is 0 Å². The second kappa shape index (κ2) is 11.3. The van der Waals surface area contributed by atoms with Gasteiger partial charge in [0, 0.05) is 0 Å². The highest BCUT2D eigenvalue weighted by atomic mass is 32.2. The summed E-state index contributed by atoms with van der Waals surface area (Å²) in [6.07, 6.45) is -5.19. The number of carboxylic acids is 1. The van der Waals surface area contributed by atoms with Crippen LogP contribution in [0.4, 0.5) is 13.2 Å². The maximum atomic E-state index is 11.4. The molecule has 0 saturated carbocycles. The van der Waals surface area contributed by atoms with Gasteiger partial charge < -0.3 is 15.0 Å². The Kier molecular flexibility index (Phi) is 9.31. The lowest BCUT2D eigenvalue weighted by molar-refractivity contribution is -0.351. The molecule has 0 saturated heterocycles. The monoisotopic (exact) mass is 532 g/mol. The number of carbonyl (C=O) groups is 1. The average molecular weight is 533 g/mol. The number of rotatable bonds is 4. The van der Waals surface area contributed by atoms with Crippen LogP contribution >= 0.6 is 0 Å². The molecule has 0 radical (unpaired) electrons. The first-order valence-electron chi connectivity index (χ1n) is 11.9. The molecule has 0 bridgehead atoms. The zero-order valence-electron chi connectivity index (χ0n) is 22.3. The number of hydrogen-bond acceptors (Lipinski definition) is 3. The van der Waals surface area contributed by atoms with E-state index in [9.17, 15) is 23.1 Å². The zero-order valence-corrected chi connectivity index (χ0v) is 23.1. The maximum Gasteiger partial charge on any atom is 0.422 e. The summed E-state index contributed by atoms with van der Waals surface area (Å²) in [4.78, 5) is 13.7. The van der Waals surface area contributed by atoms with Gasteiger partial charge in [-0.2, -0.15) is 13.2 Å². The van der Waals surface area contributed by atoms with Crippen molar-refractivity contribution in [2.24, 2.45) is 0 Å². The summed E-state index contributed by atoms with van der Waals surface area (Å²) < 4.78 is 34.2. The lowest BCUT2D eigenvalue weighted by Gasteiger charge is -2.26. The van der Waals surface area contributed by atoms with E-state index in [-0.39, 0.29) is 28.6 Å². The molecule has 1 atom stereocenters. The van der Waals surface area contributed by atoms with Gasteiger partial charge in [-0.1, -0.05) is 84.0 Å². The molecule has 3 rings (SSSR count). The highest BCUT2D eigenvalue weighted by molar-refractivity contribution is 7.97. The van der Waals surface area contributed by atoms with Gasteiger partial charge in [-0.25, -0.2) is 0 Å². The minimum atomic E-state index is -5.19. The standard InChI is InChI=1S/C26H31S.C4H5F3O3/c1-25(2,3)20-12-16-23(17-13-20)27(22-10-8-7-9-11-22)24-18-14-21(15-19-24)26(4,5)6;1-3(10,2(8)9)4(5,6)7/h7-19H,1-6H3;10H,1H3,(H,8,9)/q+1;/p-1. The smallest absolute Gasteiger partial charge is 0.422 e. The predicted molar refractivity (Wildman–Crippen MR) is 141 cm³/mol. The van der Waals surface area contributed by atoms with Gasteiger partial charge in [0.25, 0.3) is 0 Å². The molecule has 0 aliphatic heterocycles. The molecule has 3 aromatic rings. The number of aliphatic hydroxyl groups is 1. The Hall–Kier alpha value is -2.77. The van der Waals surface area contributed by atoms with Crippen LogP contribution in [-0.4, -0.2) is 22.9 Å². The summed E-state index contributed by atoms with van der Waals surface area (Å²) in [5.41, 5.74) is -0.638. The number of carbonyl (C=O) groups excluding carboxylic acids is 1. The van der Waals surface area contributed by atoms with Gasteiger partial charge in [-0.05, 0) is 65.3 Å². The van der Waals surface area contributed by atoms with Crippen LogP contribution in [0.5, 0.6) is 0 Å². The predicted octanol–water partition coefficient (Wildman–Crippen LogP) is 6.43. The molecule has 0 aliphatic rings. The van der Waals surface area contributed by atoms with Gasteiger partial charge in [-0.15, -0.1) is 0 Å². The fraction of sp³-hybridized carbons (Fsp3) is 0.367. The highest BCUT2D eigenvalue weighted by Crippen LogP contribution is 2.34. The van der Waals surface area contributed by atoms with E-state index in [0.717, 1.165) is 0 Å². The molecule has 0 fully saturated rings. The fourth-order valence-corrected chi connectivity index (χ4v) is 5.32. The molecule has 0 amide bonds. The average Bonchev–Trinajstić information content (AvgIpc) is 2.79. The Labute approximate surface area is 220 Å². The number of benzene rings is 3. The summed E-state index contributed by atoms with van der Waals surface area (Å²) in [6, 6.07) is 29.3. The zero-order chi connectivity index (χ0) is 28.2. The number of carboxylic acid groups (broad SMARTS) is 1. The van der Waals surface area contributed by atoms with Crippen molar-refractivity contribution in [2.75, 3.05) is 0 Å². The first-order valence-corrected chi connectivity index (χ1v) is 13.1. The van der Waals surface area contributed by atoms with Crippen molar-refractivity contribution >= 4 is 16.9 Å². The Morgan fingerprint density at radius 1 is 0.649 bits per heavy atom. The Bertz CT molecular complexity index is 1100. The maximum absolute atomic E-state index is 11.4. The molecule has 1 unspecified atom stereocenters. The number of halogens is 3. The van der Waals surface area contributed by atoms with E-state index in [1.807, 2.05) is 0 Å². The molecular weight excluding hydrogens is 497 g/mol. The summed E-state index contributed by atoms with van der Waals surface area (Å²) in [7, 11) is -0.0847. The molecule has 3 aromatic carbocycles. The van der Waals surface area contributed by atoms with Gasteiger partial charge in [0.15, 0.2) is 20.3 Å². The van der Waals surface area contributed by atoms with Crippen molar-refractivity contribution in [1.29, 1.82) is 0 Å². The number of aliphatic carboxylic acids is 1. The minimum absolute atomic E-state index is 0.0847. The third-order valence-corrected chi connectivity index (χ3v) is 8.07. The Balaban J connectivity index is 0.000000410. The van der Waals surface area contributed by atoms with E-state index in [1.54, 1.807) is 0 Å². The fourth-order valence-electron chi connectivity index (χ4n) is 3.26. The second-order valence-corrected chi connectivity index (χ2v) is 13.1. The van der Waals surface area contributed by atoms with E-state index in [0.29, 0.717) is 0 Å². The number of alkyl halides is 3. The molecule has 200 valence electrons. The van der Waals surface area contributed by atoms with E-state index < -0.39 is 17.7 Å². The van der Waals surface area contributed by atoms with Crippen molar-refractivity contribution in [3.63, 3.8) is 0 Å². The molecule has 3 nitrogen and oxygen atoms in total. The molecule has 0 spiro atoms. The van der Waals surface area contributed by atoms with Crippen molar-refractivity contribution in [1.82, 2.24) is 0 Å². The van der Waals surface area contributed by atoms with Gasteiger partial charge in [0.05, 0.1) is 16.9 Å². The van der Waals surface area contributed by atoms with E-state index >= 15 is 0 Å². The topological polar surface area (TPSA) is 60.4 Å². The number of hydrogen-bond donors (Lipinski definition) is 1. The van der Waals surface area contributed by atoms with E-state index in [2.05, 4.69) is 120 Å². The molecule has 1 N–H and O–H groups in total. The Morgan fingerprint density at radius 3 is 1.22 bits per heavy atom. The normalized spacial score (nSPS) is 13.9. The van der Waals surface area contributed by atoms with E-state index in [1.165, 1.54) is 25.8 Å². The van der Waals surface area contributed by atoms with Crippen molar-refractivity contribution in [3.05, 3.63) is 90.0 Å². The van der Waals surface area contributed by atoms with Crippen LogP contribution < -0.4 is 5.11 Å². The SMILES string of the molecule is CC(C)(C)c1ccc([S+](c2ccccc2)c2ccc(C(C)(C)C)cc2)cc1.CC(O)(C(=O)[O-])C(F)(F)F. The molecule has 7 heteroatoms. The lowest BCUT2D eigenvalue weighted by Crippen LogP contribution is -2.56. The van der Waals surface area contributed by atoms with Gasteiger partial charge in [0.1, 0.15) is 0 Å². The third kappa shape index (κ3) is 7.86. The van der Waals surface area contributed by atoms with Gasteiger partial charge in [0.2, 0.25) is 0 Å². The lowest BCUT2D eigenvalue weighted by atomic mass is 9.87. The highest BCUT2D eigenvalue weighted by Gasteiger charge is 2.51. The molecule has 37 heavy (non-hydrogen) atoms. The molecule has 0 aromatic heterocycles. The van der Waals surface area contributed by atoms with Crippen molar-refractivity contribution in [2.45, 2.75) is 85.8 Å². The van der Waals surface area contributed by atoms with Crippen LogP contribution in [-0.2, 0) is 26.5 Å². The Morgan fingerprint density at radius 2 is 0.973 bits per heavy atom. The van der Waals surface area contributed by atoms with Crippen molar-refractivity contribution in [3.8, 4) is 0 Å². The first kappa shape index (κ1) is 30.5. The quantitative estimate of drug-likeness (QED) is 0.394. The van der Waals surface area contributed by atoms with Crippen LogP contribution in [0.1, 0.15) is 59.6 Å². The second-order valence-electron chi connectivity index (χ2n) is 11.0. The van der Waals surface area contributed by atoms with Crippen LogP contribution in [0.3, 0.4) is 0 Å². The van der Waals surface area contributed by atoms with Crippen LogP contribution in [0.15, 0.2) is 93.5 Å². The molecule has 0 aliphatic carbocycles. The van der Waals surface area contributed by atoms with Crippen LogP contribution in [0.2, 0.25) is 0 Å².